The van der Waals surface area contributed by atoms with E-state index in [0.29, 0.717) is 12.6 Å². The fourth-order valence-corrected chi connectivity index (χ4v) is 4.25. The average molecular weight is 471 g/mol. The normalized spacial score (nSPS) is 21.1. The molecule has 3 atom stereocenters. The van der Waals surface area contributed by atoms with Crippen molar-refractivity contribution in [3.05, 3.63) is 66.2 Å². The van der Waals surface area contributed by atoms with Gasteiger partial charge >= 0.3 is 0 Å². The van der Waals surface area contributed by atoms with Crippen molar-refractivity contribution in [2.45, 2.75) is 32.1 Å². The van der Waals surface area contributed by atoms with Crippen LogP contribution in [0.3, 0.4) is 0 Å². The lowest BCUT2D eigenvalue weighted by Crippen LogP contribution is -3.30. The third-order valence-corrected chi connectivity index (χ3v) is 5.88. The first kappa shape index (κ1) is 27.7. The van der Waals surface area contributed by atoms with Gasteiger partial charge < -0.3 is 49.2 Å². The smallest absolute Gasteiger partial charge is 0.137 e. The first-order chi connectivity index (χ1) is 14.2. The van der Waals surface area contributed by atoms with Gasteiger partial charge in [0.1, 0.15) is 63.3 Å². The molecule has 0 bridgehead atoms. The number of aliphatic hydroxyl groups excluding tert-OH is 1. The fraction of sp³-hybridized carbons (Fsp3) is 0.500. The van der Waals surface area contributed by atoms with Crippen LogP contribution in [0.2, 0.25) is 0 Å². The zero-order valence-electron chi connectivity index (χ0n) is 18.5. The van der Waals surface area contributed by atoms with E-state index in [-0.39, 0.29) is 30.9 Å². The number of quaternary nitrogens is 2. The summed E-state index contributed by atoms with van der Waals surface area (Å²) >= 11 is 0. The highest BCUT2D eigenvalue weighted by molar-refractivity contribution is 5.21. The number of piperazine rings is 1. The summed E-state index contributed by atoms with van der Waals surface area (Å²) in [6.45, 7) is 10.5. The summed E-state index contributed by atoms with van der Waals surface area (Å²) in [4.78, 5) is 3.05. The summed E-state index contributed by atoms with van der Waals surface area (Å²) in [5, 5.41) is 10.4. The SMILES string of the molecule is CCOC(c1ccccc1)C(C)[NH+]1CC[NH+](CC(O)COc2ccccc2)CC1.[Cl-].[Cl-]. The molecule has 31 heavy (non-hydrogen) atoms. The number of hydrogen-bond donors (Lipinski definition) is 3. The minimum atomic E-state index is -0.440. The van der Waals surface area contributed by atoms with Gasteiger partial charge in [-0.1, -0.05) is 48.5 Å². The maximum Gasteiger partial charge on any atom is 0.137 e. The standard InChI is InChI=1S/C24H34N2O3.2ClH/c1-3-28-24(21-10-6-4-7-11-21)20(2)26-16-14-25(15-17-26)18-22(27)19-29-23-12-8-5-9-13-23;;/h4-13,20,22,24,27H,3,14-19H2,1-2H3;2*1H. The summed E-state index contributed by atoms with van der Waals surface area (Å²) in [7, 11) is 0. The summed E-state index contributed by atoms with van der Waals surface area (Å²) in [5.41, 5.74) is 1.26. The van der Waals surface area contributed by atoms with Gasteiger partial charge in [-0.05, 0) is 31.5 Å². The van der Waals surface area contributed by atoms with Gasteiger partial charge in [0.05, 0.1) is 0 Å². The molecule has 1 aliphatic rings. The minimum absolute atomic E-state index is 0. The number of hydrogen-bond acceptors (Lipinski definition) is 3. The van der Waals surface area contributed by atoms with E-state index >= 15 is 0 Å². The van der Waals surface area contributed by atoms with E-state index in [0.717, 1.165) is 45.1 Å². The van der Waals surface area contributed by atoms with Crippen LogP contribution in [0.25, 0.3) is 0 Å². The van der Waals surface area contributed by atoms with Crippen molar-refractivity contribution in [1.82, 2.24) is 0 Å². The third-order valence-electron chi connectivity index (χ3n) is 5.88. The molecule has 1 fully saturated rings. The second kappa shape index (κ2) is 14.7. The van der Waals surface area contributed by atoms with Crippen LogP contribution in [0.4, 0.5) is 0 Å². The van der Waals surface area contributed by atoms with Gasteiger partial charge in [-0.15, -0.1) is 0 Å². The minimum Gasteiger partial charge on any atom is -1.00 e. The maximum absolute atomic E-state index is 10.4. The van der Waals surface area contributed by atoms with Crippen LogP contribution >= 0.6 is 0 Å². The Balaban J connectivity index is 0.00000240. The van der Waals surface area contributed by atoms with Crippen LogP contribution in [0.15, 0.2) is 60.7 Å². The highest BCUT2D eigenvalue weighted by atomic mass is 35.5. The number of aliphatic hydroxyl groups is 1. The highest BCUT2D eigenvalue weighted by Crippen LogP contribution is 2.19. The number of halogens is 2. The molecule has 3 unspecified atom stereocenters. The van der Waals surface area contributed by atoms with Gasteiger partial charge in [0, 0.05) is 6.61 Å². The van der Waals surface area contributed by atoms with Crippen molar-refractivity contribution in [1.29, 1.82) is 0 Å². The Morgan fingerprint density at radius 3 is 2.06 bits per heavy atom. The molecule has 2 aromatic carbocycles. The van der Waals surface area contributed by atoms with Gasteiger partial charge in [-0.2, -0.15) is 0 Å². The van der Waals surface area contributed by atoms with E-state index in [1.54, 1.807) is 4.90 Å². The molecule has 1 aliphatic heterocycles. The Bertz CT molecular complexity index is 700. The molecular weight excluding hydrogens is 435 g/mol. The van der Waals surface area contributed by atoms with Gasteiger partial charge in [0.15, 0.2) is 0 Å². The number of rotatable bonds is 10. The monoisotopic (exact) mass is 470 g/mol. The van der Waals surface area contributed by atoms with Gasteiger partial charge in [-0.3, -0.25) is 0 Å². The van der Waals surface area contributed by atoms with Crippen molar-refractivity contribution >= 4 is 0 Å². The van der Waals surface area contributed by atoms with E-state index in [1.807, 2.05) is 30.3 Å². The van der Waals surface area contributed by atoms with Crippen molar-refractivity contribution in [2.24, 2.45) is 0 Å². The molecule has 3 rings (SSSR count). The zero-order chi connectivity index (χ0) is 20.5. The molecule has 0 aliphatic carbocycles. The molecule has 5 nitrogen and oxygen atoms in total. The molecule has 7 heteroatoms. The Morgan fingerprint density at radius 2 is 1.48 bits per heavy atom. The van der Waals surface area contributed by atoms with Crippen LogP contribution in [-0.2, 0) is 4.74 Å². The van der Waals surface area contributed by atoms with Crippen molar-refractivity contribution in [3.63, 3.8) is 0 Å². The molecule has 0 radical (unpaired) electrons. The van der Waals surface area contributed by atoms with E-state index in [9.17, 15) is 5.11 Å². The van der Waals surface area contributed by atoms with Crippen LogP contribution < -0.4 is 39.4 Å². The van der Waals surface area contributed by atoms with Crippen LogP contribution in [0.1, 0.15) is 25.5 Å². The predicted octanol–water partition coefficient (Wildman–Crippen LogP) is -5.62. The Morgan fingerprint density at radius 1 is 0.903 bits per heavy atom. The molecule has 3 N–H and O–H groups in total. The summed E-state index contributed by atoms with van der Waals surface area (Å²) in [6.07, 6.45) is -0.313. The number of para-hydroxylation sites is 1. The largest absolute Gasteiger partial charge is 1.00 e. The Kier molecular flexibility index (Phi) is 13.1. The molecule has 1 heterocycles. The van der Waals surface area contributed by atoms with Crippen LogP contribution in [-0.4, -0.2) is 63.2 Å². The zero-order valence-corrected chi connectivity index (χ0v) is 20.0. The second-order valence-corrected chi connectivity index (χ2v) is 7.97. The van der Waals surface area contributed by atoms with Crippen molar-refractivity contribution in [2.75, 3.05) is 45.9 Å². The Hall–Kier alpha value is -1.34. The summed E-state index contributed by atoms with van der Waals surface area (Å²) < 4.78 is 11.8. The number of benzene rings is 2. The quantitative estimate of drug-likeness (QED) is 0.324. The highest BCUT2D eigenvalue weighted by Gasteiger charge is 2.33. The van der Waals surface area contributed by atoms with E-state index in [2.05, 4.69) is 44.2 Å². The van der Waals surface area contributed by atoms with Gasteiger partial charge in [-0.25, -0.2) is 0 Å². The van der Waals surface area contributed by atoms with Gasteiger partial charge in [0.25, 0.3) is 0 Å². The first-order valence-electron chi connectivity index (χ1n) is 10.9. The molecule has 1 saturated heterocycles. The van der Waals surface area contributed by atoms with Crippen molar-refractivity contribution < 1.29 is 49.2 Å². The Labute approximate surface area is 199 Å². The van der Waals surface area contributed by atoms with E-state index < -0.39 is 6.10 Å². The molecule has 0 saturated carbocycles. The van der Waals surface area contributed by atoms with Gasteiger partial charge in [0.2, 0.25) is 0 Å². The molecule has 0 amide bonds. The first-order valence-corrected chi connectivity index (χ1v) is 10.9. The van der Waals surface area contributed by atoms with E-state index in [1.165, 1.54) is 10.5 Å². The lowest BCUT2D eigenvalue weighted by atomic mass is 10.0. The fourth-order valence-electron chi connectivity index (χ4n) is 4.25. The lowest BCUT2D eigenvalue weighted by molar-refractivity contribution is -1.03. The predicted molar refractivity (Wildman–Crippen MR) is 114 cm³/mol. The molecular formula is C24H36Cl2N2O3. The second-order valence-electron chi connectivity index (χ2n) is 7.97. The third kappa shape index (κ3) is 8.60. The van der Waals surface area contributed by atoms with E-state index in [4.69, 9.17) is 9.47 Å². The number of ether oxygens (including phenoxy) is 2. The van der Waals surface area contributed by atoms with Crippen LogP contribution in [0.5, 0.6) is 5.75 Å². The summed E-state index contributed by atoms with van der Waals surface area (Å²) in [6, 6.07) is 20.7. The molecule has 0 spiro atoms. The lowest BCUT2D eigenvalue weighted by Gasteiger charge is -2.36. The number of nitrogens with one attached hydrogen (secondary N) is 2. The average Bonchev–Trinajstić information content (AvgIpc) is 2.77. The van der Waals surface area contributed by atoms with Crippen molar-refractivity contribution in [3.8, 4) is 5.75 Å². The molecule has 174 valence electrons. The topological polar surface area (TPSA) is 47.6 Å². The molecule has 0 aromatic heterocycles. The molecule has 2 aromatic rings. The summed E-state index contributed by atoms with van der Waals surface area (Å²) in [5.74, 6) is 0.813. The maximum atomic E-state index is 10.4. The van der Waals surface area contributed by atoms with Crippen LogP contribution in [0, 0.1) is 0 Å².